The Hall–Kier alpha value is -1.44. The molecule has 2 rings (SSSR count). The quantitative estimate of drug-likeness (QED) is 0.682. The molecule has 0 spiro atoms. The van der Waals surface area contributed by atoms with Gasteiger partial charge in [-0.05, 0) is 24.6 Å². The fourth-order valence-electron chi connectivity index (χ4n) is 1.38. The molecule has 0 fully saturated rings. The van der Waals surface area contributed by atoms with Gasteiger partial charge in [0.15, 0.2) is 0 Å². The number of hydrogen-bond donors (Lipinski definition) is 1. The highest BCUT2D eigenvalue weighted by Gasteiger charge is 2.01. The van der Waals surface area contributed by atoms with Crippen LogP contribution in [0, 0.1) is 6.92 Å². The van der Waals surface area contributed by atoms with Gasteiger partial charge in [0.1, 0.15) is 5.75 Å². The van der Waals surface area contributed by atoms with E-state index in [0.29, 0.717) is 0 Å². The molecular formula is C10H11NO. The van der Waals surface area contributed by atoms with Crippen molar-refractivity contribution < 1.29 is 4.74 Å². The minimum atomic E-state index is 0.907. The van der Waals surface area contributed by atoms with Gasteiger partial charge in [0.2, 0.25) is 0 Å². The van der Waals surface area contributed by atoms with Crippen LogP contribution in [0.1, 0.15) is 5.56 Å². The Morgan fingerprint density at radius 3 is 2.92 bits per heavy atom. The zero-order valence-corrected chi connectivity index (χ0v) is 7.22. The molecule has 0 aliphatic carbocycles. The van der Waals surface area contributed by atoms with Crippen molar-refractivity contribution in [1.82, 2.24) is 4.98 Å². The third-order valence-electron chi connectivity index (χ3n) is 2.02. The number of benzene rings is 1. The molecule has 12 heavy (non-hydrogen) atoms. The minimum absolute atomic E-state index is 0.907. The number of aromatic nitrogens is 1. The zero-order chi connectivity index (χ0) is 8.55. The first-order chi connectivity index (χ1) is 5.81. The molecule has 1 aromatic heterocycles. The molecule has 0 saturated heterocycles. The summed E-state index contributed by atoms with van der Waals surface area (Å²) in [7, 11) is 1.68. The van der Waals surface area contributed by atoms with E-state index in [2.05, 4.69) is 30.1 Å². The Bertz CT molecular complexity index is 403. The van der Waals surface area contributed by atoms with Crippen LogP contribution in [0.3, 0.4) is 0 Å². The van der Waals surface area contributed by atoms with E-state index in [-0.39, 0.29) is 0 Å². The van der Waals surface area contributed by atoms with Crippen LogP contribution in [0.25, 0.3) is 10.9 Å². The molecular weight excluding hydrogens is 150 g/mol. The van der Waals surface area contributed by atoms with Crippen molar-refractivity contribution in [3.8, 4) is 5.75 Å². The van der Waals surface area contributed by atoms with Crippen molar-refractivity contribution in [2.75, 3.05) is 7.11 Å². The number of fused-ring (bicyclic) bond motifs is 1. The maximum atomic E-state index is 5.18. The molecule has 2 aromatic rings. The van der Waals surface area contributed by atoms with E-state index in [1.165, 1.54) is 5.56 Å². The molecule has 0 saturated carbocycles. The van der Waals surface area contributed by atoms with Gasteiger partial charge in [0, 0.05) is 17.1 Å². The van der Waals surface area contributed by atoms with E-state index in [0.717, 1.165) is 16.7 Å². The van der Waals surface area contributed by atoms with E-state index < -0.39 is 0 Å². The fraction of sp³-hybridized carbons (Fsp3) is 0.200. The van der Waals surface area contributed by atoms with Crippen LogP contribution in [-0.4, -0.2) is 12.1 Å². The van der Waals surface area contributed by atoms with Gasteiger partial charge >= 0.3 is 0 Å². The second kappa shape index (κ2) is 2.55. The van der Waals surface area contributed by atoms with Crippen LogP contribution in [0.2, 0.25) is 0 Å². The van der Waals surface area contributed by atoms with Gasteiger partial charge in [-0.2, -0.15) is 0 Å². The molecule has 62 valence electrons. The summed E-state index contributed by atoms with van der Waals surface area (Å²) in [5.74, 6) is 0.907. The van der Waals surface area contributed by atoms with Crippen molar-refractivity contribution in [3.63, 3.8) is 0 Å². The molecule has 0 atom stereocenters. The molecule has 2 nitrogen and oxygen atoms in total. The monoisotopic (exact) mass is 161 g/mol. The summed E-state index contributed by atoms with van der Waals surface area (Å²) in [5.41, 5.74) is 2.39. The Morgan fingerprint density at radius 2 is 2.17 bits per heavy atom. The van der Waals surface area contributed by atoms with Crippen molar-refractivity contribution in [1.29, 1.82) is 0 Å². The van der Waals surface area contributed by atoms with Crippen LogP contribution >= 0.6 is 0 Å². The van der Waals surface area contributed by atoms with Crippen LogP contribution in [0.4, 0.5) is 0 Å². The fourth-order valence-corrected chi connectivity index (χ4v) is 1.38. The van der Waals surface area contributed by atoms with Gasteiger partial charge in [-0.3, -0.25) is 0 Å². The number of ether oxygens (including phenoxy) is 1. The van der Waals surface area contributed by atoms with E-state index in [4.69, 9.17) is 4.74 Å². The van der Waals surface area contributed by atoms with Crippen molar-refractivity contribution >= 4 is 10.9 Å². The zero-order valence-electron chi connectivity index (χ0n) is 7.22. The first-order valence-corrected chi connectivity index (χ1v) is 3.93. The predicted molar refractivity (Wildman–Crippen MR) is 49.6 cm³/mol. The molecule has 1 aromatic carbocycles. The number of H-pyrrole nitrogens is 1. The van der Waals surface area contributed by atoms with Crippen LogP contribution in [-0.2, 0) is 0 Å². The predicted octanol–water partition coefficient (Wildman–Crippen LogP) is 2.48. The maximum Gasteiger partial charge on any atom is 0.144 e. The van der Waals surface area contributed by atoms with Gasteiger partial charge in [-0.15, -0.1) is 0 Å². The largest absolute Gasteiger partial charge is 0.495 e. The van der Waals surface area contributed by atoms with Crippen molar-refractivity contribution in [2.24, 2.45) is 0 Å². The van der Waals surface area contributed by atoms with Gasteiger partial charge < -0.3 is 9.72 Å². The lowest BCUT2D eigenvalue weighted by Gasteiger charge is -1.96. The first-order valence-electron chi connectivity index (χ1n) is 3.93. The minimum Gasteiger partial charge on any atom is -0.495 e. The first kappa shape index (κ1) is 7.22. The second-order valence-electron chi connectivity index (χ2n) is 2.91. The molecule has 0 aliphatic heterocycles. The summed E-state index contributed by atoms with van der Waals surface area (Å²) >= 11 is 0. The molecule has 0 amide bonds. The van der Waals surface area contributed by atoms with Crippen LogP contribution in [0.5, 0.6) is 5.75 Å². The Kier molecular flexibility index (Phi) is 1.54. The molecule has 0 unspecified atom stereocenters. The summed E-state index contributed by atoms with van der Waals surface area (Å²) in [6, 6.07) is 6.26. The number of methoxy groups -OCH3 is 1. The lowest BCUT2D eigenvalue weighted by atomic mass is 10.2. The Labute approximate surface area is 71.2 Å². The van der Waals surface area contributed by atoms with E-state index in [1.54, 1.807) is 7.11 Å². The molecule has 0 bridgehead atoms. The third kappa shape index (κ3) is 0.961. The van der Waals surface area contributed by atoms with Gasteiger partial charge in [-0.1, -0.05) is 6.07 Å². The number of aryl methyl sites for hydroxylation is 1. The van der Waals surface area contributed by atoms with E-state index in [9.17, 15) is 0 Å². The topological polar surface area (TPSA) is 25.0 Å². The SMILES string of the molecule is COc1c[nH]c2cc(C)ccc12. The smallest absolute Gasteiger partial charge is 0.144 e. The lowest BCUT2D eigenvalue weighted by Crippen LogP contribution is -1.78. The van der Waals surface area contributed by atoms with E-state index in [1.807, 2.05) is 6.20 Å². The third-order valence-corrected chi connectivity index (χ3v) is 2.02. The number of aromatic amines is 1. The summed E-state index contributed by atoms with van der Waals surface area (Å²) in [6.45, 7) is 2.08. The number of rotatable bonds is 1. The molecule has 1 N–H and O–H groups in total. The molecule has 0 aliphatic rings. The van der Waals surface area contributed by atoms with Crippen LogP contribution in [0.15, 0.2) is 24.4 Å². The highest BCUT2D eigenvalue weighted by Crippen LogP contribution is 2.25. The highest BCUT2D eigenvalue weighted by atomic mass is 16.5. The highest BCUT2D eigenvalue weighted by molar-refractivity contribution is 5.86. The van der Waals surface area contributed by atoms with Gasteiger partial charge in [0.25, 0.3) is 0 Å². The van der Waals surface area contributed by atoms with Crippen molar-refractivity contribution in [2.45, 2.75) is 6.92 Å². The van der Waals surface area contributed by atoms with Gasteiger partial charge in [0.05, 0.1) is 7.11 Å². The average molecular weight is 161 g/mol. The number of nitrogens with one attached hydrogen (secondary N) is 1. The average Bonchev–Trinajstić information content (AvgIpc) is 2.46. The van der Waals surface area contributed by atoms with Crippen molar-refractivity contribution in [3.05, 3.63) is 30.0 Å². The summed E-state index contributed by atoms with van der Waals surface area (Å²) < 4.78 is 5.18. The number of hydrogen-bond acceptors (Lipinski definition) is 1. The maximum absolute atomic E-state index is 5.18. The Morgan fingerprint density at radius 1 is 1.33 bits per heavy atom. The van der Waals surface area contributed by atoms with E-state index >= 15 is 0 Å². The summed E-state index contributed by atoms with van der Waals surface area (Å²) in [4.78, 5) is 3.15. The van der Waals surface area contributed by atoms with Crippen LogP contribution < -0.4 is 4.74 Å². The standard InChI is InChI=1S/C10H11NO/c1-7-3-4-8-9(5-7)11-6-10(8)12-2/h3-6,11H,1-2H3. The summed E-state index contributed by atoms with van der Waals surface area (Å²) in [6.07, 6.45) is 1.88. The molecule has 2 heteroatoms. The molecule has 0 radical (unpaired) electrons. The second-order valence-corrected chi connectivity index (χ2v) is 2.91. The lowest BCUT2D eigenvalue weighted by molar-refractivity contribution is 0.419. The van der Waals surface area contributed by atoms with Gasteiger partial charge in [-0.25, -0.2) is 0 Å². The normalized spacial score (nSPS) is 10.5. The molecule has 1 heterocycles. The summed E-state index contributed by atoms with van der Waals surface area (Å²) in [5, 5.41) is 1.14. The Balaban J connectivity index is 2.73.